The summed E-state index contributed by atoms with van der Waals surface area (Å²) in [5.41, 5.74) is 6.38. The van der Waals surface area contributed by atoms with Gasteiger partial charge in [0, 0.05) is 48.1 Å². The summed E-state index contributed by atoms with van der Waals surface area (Å²) in [6, 6.07) is 13.1. The number of sulfonamides is 1. The second-order valence-corrected chi connectivity index (χ2v) is 12.4. The molecule has 0 radical (unpaired) electrons. The molecule has 2 aromatic carbocycles. The SMILES string of the molecule is Cl.Nc1ccc(Cl)c(Cl)c1.O=S(=O)(Nc1ccc(Cl)c(Cl)c1)c1cc2c(N3CCNCC3)nccc2s1. The second-order valence-electron chi connectivity index (χ2n) is 7.76. The third-order valence-corrected chi connectivity index (χ3v) is 9.63. The molecule has 4 N–H and O–H groups in total. The van der Waals surface area contributed by atoms with E-state index in [1.165, 1.54) is 17.4 Å². The van der Waals surface area contributed by atoms with Crippen molar-refractivity contribution in [3.63, 3.8) is 0 Å². The van der Waals surface area contributed by atoms with Gasteiger partial charge in [0.15, 0.2) is 0 Å². The number of nitrogen functional groups attached to an aromatic ring is 1. The smallest absolute Gasteiger partial charge is 0.271 e. The van der Waals surface area contributed by atoms with Crippen molar-refractivity contribution in [3.05, 3.63) is 74.8 Å². The molecule has 1 fully saturated rings. The molecule has 7 nitrogen and oxygen atoms in total. The molecule has 0 aliphatic carbocycles. The van der Waals surface area contributed by atoms with E-state index in [9.17, 15) is 8.42 Å². The Bertz CT molecular complexity index is 1490. The number of halogens is 5. The van der Waals surface area contributed by atoms with E-state index in [0.29, 0.717) is 31.5 Å². The lowest BCUT2D eigenvalue weighted by molar-refractivity contribution is 0.586. The number of pyridine rings is 1. The zero-order valence-electron chi connectivity index (χ0n) is 19.0. The van der Waals surface area contributed by atoms with E-state index in [2.05, 4.69) is 19.9 Å². The van der Waals surface area contributed by atoms with E-state index in [-0.39, 0.29) is 16.6 Å². The zero-order valence-corrected chi connectivity index (χ0v) is 24.5. The molecule has 5 rings (SSSR count). The van der Waals surface area contributed by atoms with Crippen molar-refractivity contribution in [1.29, 1.82) is 0 Å². The molecule has 1 saturated heterocycles. The molecule has 4 aromatic rings. The van der Waals surface area contributed by atoms with Crippen molar-refractivity contribution in [2.24, 2.45) is 0 Å². The summed E-state index contributed by atoms with van der Waals surface area (Å²) in [5, 5.41) is 5.84. The minimum Gasteiger partial charge on any atom is -0.399 e. The Labute approximate surface area is 245 Å². The molecule has 0 atom stereocenters. The Morgan fingerprint density at radius 1 is 0.919 bits per heavy atom. The lowest BCUT2D eigenvalue weighted by Crippen LogP contribution is -2.43. The molecule has 1 aliphatic rings. The predicted octanol–water partition coefficient (Wildman–Crippen LogP) is 6.81. The van der Waals surface area contributed by atoms with Crippen LogP contribution in [0.5, 0.6) is 0 Å². The first-order valence-electron chi connectivity index (χ1n) is 10.7. The fraction of sp³-hybridized carbons (Fsp3) is 0.174. The standard InChI is InChI=1S/C17H16Cl2N4O2S2.C6H5Cl2N.ClH/c18-13-2-1-11(9-14(13)19)22-27(24,25)16-10-12-15(26-16)3-4-21-17(12)23-7-5-20-6-8-23;7-5-2-1-4(9)3-6(5)8;/h1-4,9-10,20,22H,5-8H2;1-3H,9H2;1H. The van der Waals surface area contributed by atoms with Crippen LogP contribution >= 0.6 is 70.1 Å². The Balaban J connectivity index is 0.000000324. The van der Waals surface area contributed by atoms with Crippen LogP contribution in [0.15, 0.2) is 58.9 Å². The second kappa shape index (κ2) is 12.9. The summed E-state index contributed by atoms with van der Waals surface area (Å²) >= 11 is 24.3. The number of piperazine rings is 1. The summed E-state index contributed by atoms with van der Waals surface area (Å²) in [5.74, 6) is 0.821. The van der Waals surface area contributed by atoms with Gasteiger partial charge in [0.05, 0.1) is 25.8 Å². The normalized spacial score (nSPS) is 13.5. The summed E-state index contributed by atoms with van der Waals surface area (Å²) in [4.78, 5) is 6.66. The van der Waals surface area contributed by atoms with Crippen LogP contribution in [0.3, 0.4) is 0 Å². The largest absolute Gasteiger partial charge is 0.399 e. The molecule has 198 valence electrons. The maximum absolute atomic E-state index is 12.8. The number of hydrogen-bond acceptors (Lipinski definition) is 7. The molecule has 0 amide bonds. The number of hydrogen-bond donors (Lipinski definition) is 3. The Morgan fingerprint density at radius 3 is 2.19 bits per heavy atom. The Morgan fingerprint density at radius 2 is 1.57 bits per heavy atom. The van der Waals surface area contributed by atoms with Gasteiger partial charge in [-0.1, -0.05) is 46.4 Å². The third-order valence-electron chi connectivity index (χ3n) is 5.20. The molecule has 0 bridgehead atoms. The Hall–Kier alpha value is -1.69. The minimum atomic E-state index is -3.74. The third kappa shape index (κ3) is 7.46. The topological polar surface area (TPSA) is 100 Å². The van der Waals surface area contributed by atoms with Crippen LogP contribution in [0, 0.1) is 0 Å². The monoisotopic (exact) mass is 639 g/mol. The van der Waals surface area contributed by atoms with Gasteiger partial charge in [-0.15, -0.1) is 23.7 Å². The zero-order chi connectivity index (χ0) is 25.9. The first-order chi connectivity index (χ1) is 17.1. The number of benzene rings is 2. The van der Waals surface area contributed by atoms with Crippen LogP contribution in [0.25, 0.3) is 10.1 Å². The molecule has 3 heterocycles. The van der Waals surface area contributed by atoms with Crippen LogP contribution in [0.4, 0.5) is 17.2 Å². The van der Waals surface area contributed by atoms with Crippen molar-refractivity contribution >= 4 is 107 Å². The van der Waals surface area contributed by atoms with Gasteiger partial charge in [-0.05, 0) is 48.5 Å². The van der Waals surface area contributed by atoms with E-state index in [0.717, 1.165) is 42.1 Å². The van der Waals surface area contributed by atoms with Crippen molar-refractivity contribution in [2.45, 2.75) is 4.21 Å². The quantitative estimate of drug-likeness (QED) is 0.212. The number of thiophene rings is 1. The van der Waals surface area contributed by atoms with Crippen LogP contribution in [-0.2, 0) is 10.0 Å². The highest BCUT2D eigenvalue weighted by Crippen LogP contribution is 2.35. The number of nitrogens with one attached hydrogen (secondary N) is 2. The molecular weight excluding hydrogens is 620 g/mol. The lowest BCUT2D eigenvalue weighted by Gasteiger charge is -2.28. The van der Waals surface area contributed by atoms with Gasteiger partial charge in [-0.2, -0.15) is 0 Å². The van der Waals surface area contributed by atoms with E-state index in [1.807, 2.05) is 6.07 Å². The average molecular weight is 642 g/mol. The first kappa shape index (κ1) is 29.9. The number of nitrogens with zero attached hydrogens (tertiary/aromatic N) is 2. The van der Waals surface area contributed by atoms with E-state index < -0.39 is 10.0 Å². The number of rotatable bonds is 4. The molecule has 37 heavy (non-hydrogen) atoms. The van der Waals surface area contributed by atoms with Crippen LogP contribution in [0.2, 0.25) is 20.1 Å². The number of anilines is 3. The molecular formula is C23H22Cl5N5O2S2. The van der Waals surface area contributed by atoms with Crippen molar-refractivity contribution in [3.8, 4) is 0 Å². The Kier molecular flexibility index (Phi) is 10.4. The van der Waals surface area contributed by atoms with Gasteiger partial charge in [-0.3, -0.25) is 4.72 Å². The summed E-state index contributed by atoms with van der Waals surface area (Å²) in [7, 11) is -3.74. The molecule has 1 aliphatic heterocycles. The van der Waals surface area contributed by atoms with Gasteiger partial charge in [0.25, 0.3) is 10.0 Å². The minimum absolute atomic E-state index is 0. The van der Waals surface area contributed by atoms with Crippen molar-refractivity contribution in [1.82, 2.24) is 10.3 Å². The molecule has 0 unspecified atom stereocenters. The fourth-order valence-electron chi connectivity index (χ4n) is 3.46. The van der Waals surface area contributed by atoms with E-state index in [4.69, 9.17) is 52.1 Å². The summed E-state index contributed by atoms with van der Waals surface area (Å²) < 4.78 is 29.3. The molecule has 0 spiro atoms. The summed E-state index contributed by atoms with van der Waals surface area (Å²) in [6.45, 7) is 3.44. The van der Waals surface area contributed by atoms with Gasteiger partial charge in [0.2, 0.25) is 0 Å². The summed E-state index contributed by atoms with van der Waals surface area (Å²) in [6.07, 6.45) is 1.72. The van der Waals surface area contributed by atoms with Gasteiger partial charge in [0.1, 0.15) is 10.0 Å². The van der Waals surface area contributed by atoms with Gasteiger partial charge < -0.3 is 16.0 Å². The number of fused-ring (bicyclic) bond motifs is 1. The molecule has 0 saturated carbocycles. The highest BCUT2D eigenvalue weighted by molar-refractivity contribution is 7.94. The lowest BCUT2D eigenvalue weighted by atomic mass is 10.2. The maximum Gasteiger partial charge on any atom is 0.271 e. The van der Waals surface area contributed by atoms with Gasteiger partial charge >= 0.3 is 0 Å². The number of aromatic nitrogens is 1. The highest BCUT2D eigenvalue weighted by atomic mass is 35.5. The van der Waals surface area contributed by atoms with Crippen LogP contribution in [-0.4, -0.2) is 39.6 Å². The predicted molar refractivity (Wildman–Crippen MR) is 160 cm³/mol. The van der Waals surface area contributed by atoms with Crippen molar-refractivity contribution in [2.75, 3.05) is 41.5 Å². The van der Waals surface area contributed by atoms with Crippen LogP contribution < -0.4 is 20.7 Å². The van der Waals surface area contributed by atoms with Gasteiger partial charge in [-0.25, -0.2) is 13.4 Å². The number of nitrogens with two attached hydrogens (primary N) is 1. The van der Waals surface area contributed by atoms with Crippen molar-refractivity contribution < 1.29 is 8.42 Å². The maximum atomic E-state index is 12.8. The highest BCUT2D eigenvalue weighted by Gasteiger charge is 2.22. The average Bonchev–Trinajstić information content (AvgIpc) is 3.31. The molecule has 2 aromatic heterocycles. The van der Waals surface area contributed by atoms with E-state index >= 15 is 0 Å². The van der Waals surface area contributed by atoms with E-state index in [1.54, 1.807) is 42.6 Å². The van der Waals surface area contributed by atoms with Crippen LogP contribution in [0.1, 0.15) is 0 Å². The molecule has 14 heteroatoms. The first-order valence-corrected chi connectivity index (χ1v) is 14.5. The fourth-order valence-corrected chi connectivity index (χ4v) is 6.50.